The zero-order chi connectivity index (χ0) is 22.1. The number of carbonyl (C=O) groups excluding carboxylic acids is 1. The van der Waals surface area contributed by atoms with Crippen LogP contribution in [0.3, 0.4) is 0 Å². The van der Waals surface area contributed by atoms with Crippen LogP contribution in [0.2, 0.25) is 0 Å². The summed E-state index contributed by atoms with van der Waals surface area (Å²) < 4.78 is 17.0. The highest BCUT2D eigenvalue weighted by molar-refractivity contribution is 5.94. The Hall–Kier alpha value is -2.73. The zero-order valence-electron chi connectivity index (χ0n) is 18.7. The number of likely N-dealkylation sites (tertiary alicyclic amines) is 1. The van der Waals surface area contributed by atoms with Crippen molar-refractivity contribution in [3.8, 4) is 0 Å². The number of rotatable bonds is 5. The molecular formula is C26H31FN4O. The Bertz CT molecular complexity index is 1100. The maximum atomic E-state index is 15.0. The van der Waals surface area contributed by atoms with E-state index in [1.54, 1.807) is 17.3 Å². The lowest BCUT2D eigenvalue weighted by Gasteiger charge is -2.39. The highest BCUT2D eigenvalue weighted by atomic mass is 19.1. The van der Waals surface area contributed by atoms with Gasteiger partial charge in [-0.3, -0.25) is 4.79 Å². The van der Waals surface area contributed by atoms with Gasteiger partial charge in [0, 0.05) is 38.8 Å². The number of nitrogens with zero attached hydrogens (tertiary/aromatic N) is 4. The molecule has 0 atom stereocenters. The Morgan fingerprint density at radius 3 is 2.59 bits per heavy atom. The van der Waals surface area contributed by atoms with Gasteiger partial charge in [-0.05, 0) is 55.5 Å². The van der Waals surface area contributed by atoms with Gasteiger partial charge < -0.3 is 14.4 Å². The number of amides is 1. The maximum Gasteiger partial charge on any atom is 0.256 e. The summed E-state index contributed by atoms with van der Waals surface area (Å²) in [6.45, 7) is 2.59. The number of hydrogen-bond acceptors (Lipinski definition) is 3. The summed E-state index contributed by atoms with van der Waals surface area (Å²) in [5, 5.41) is 0. The molecule has 2 heterocycles. The second kappa shape index (κ2) is 9.02. The largest absolute Gasteiger partial charge is 0.339 e. The van der Waals surface area contributed by atoms with Gasteiger partial charge in [0.15, 0.2) is 0 Å². The van der Waals surface area contributed by atoms with E-state index >= 15 is 0 Å². The zero-order valence-corrected chi connectivity index (χ0v) is 18.7. The summed E-state index contributed by atoms with van der Waals surface area (Å²) in [6, 6.07) is 13.8. The Labute approximate surface area is 188 Å². The highest BCUT2D eigenvalue weighted by Crippen LogP contribution is 2.28. The molecule has 1 saturated heterocycles. The Morgan fingerprint density at radius 1 is 1.09 bits per heavy atom. The van der Waals surface area contributed by atoms with Crippen LogP contribution >= 0.6 is 0 Å². The van der Waals surface area contributed by atoms with Crippen LogP contribution in [0.15, 0.2) is 48.8 Å². The van der Waals surface area contributed by atoms with Crippen LogP contribution in [0.4, 0.5) is 4.39 Å². The Balaban J connectivity index is 1.24. The summed E-state index contributed by atoms with van der Waals surface area (Å²) in [5.74, 6) is -0.673. The van der Waals surface area contributed by atoms with Crippen molar-refractivity contribution in [1.82, 2.24) is 19.4 Å². The van der Waals surface area contributed by atoms with Gasteiger partial charge in [-0.15, -0.1) is 0 Å². The lowest BCUT2D eigenvalue weighted by atomic mass is 10.00. The topological polar surface area (TPSA) is 41.4 Å². The maximum absolute atomic E-state index is 15.0. The first kappa shape index (κ1) is 21.1. The molecule has 0 spiro atoms. The van der Waals surface area contributed by atoms with E-state index in [2.05, 4.69) is 9.88 Å². The van der Waals surface area contributed by atoms with E-state index in [4.69, 9.17) is 0 Å². The van der Waals surface area contributed by atoms with E-state index in [1.165, 1.54) is 31.7 Å². The van der Waals surface area contributed by atoms with Crippen LogP contribution in [0.25, 0.3) is 11.0 Å². The van der Waals surface area contributed by atoms with E-state index in [0.29, 0.717) is 6.54 Å². The van der Waals surface area contributed by atoms with Gasteiger partial charge in [0.25, 0.3) is 5.91 Å². The van der Waals surface area contributed by atoms with E-state index in [1.807, 2.05) is 41.9 Å². The quantitative estimate of drug-likeness (QED) is 0.584. The third-order valence-electron chi connectivity index (χ3n) is 7.35. The molecule has 32 heavy (non-hydrogen) atoms. The number of aromatic nitrogens is 2. The number of fused-ring (bicyclic) bond motifs is 1. The molecule has 0 bridgehead atoms. The molecule has 0 radical (unpaired) electrons. The first-order valence-corrected chi connectivity index (χ1v) is 11.8. The van der Waals surface area contributed by atoms with Crippen LogP contribution < -0.4 is 0 Å². The molecule has 3 aromatic rings. The number of benzene rings is 2. The van der Waals surface area contributed by atoms with E-state index in [9.17, 15) is 9.18 Å². The van der Waals surface area contributed by atoms with Crippen molar-refractivity contribution in [2.45, 2.75) is 57.2 Å². The van der Waals surface area contributed by atoms with Crippen LogP contribution in [-0.2, 0) is 6.54 Å². The molecule has 2 aliphatic rings. The summed E-state index contributed by atoms with van der Waals surface area (Å²) in [5.41, 5.74) is 2.90. The third kappa shape index (κ3) is 4.16. The number of carbonyl (C=O) groups is 1. The third-order valence-corrected chi connectivity index (χ3v) is 7.35. The molecule has 2 fully saturated rings. The van der Waals surface area contributed by atoms with Crippen molar-refractivity contribution in [3.05, 3.63) is 65.7 Å². The Morgan fingerprint density at radius 2 is 1.84 bits per heavy atom. The molecule has 2 aromatic carbocycles. The summed E-state index contributed by atoms with van der Waals surface area (Å²) >= 11 is 0. The van der Waals surface area contributed by atoms with Gasteiger partial charge in [-0.1, -0.05) is 31.0 Å². The predicted octanol–water partition coefficient (Wildman–Crippen LogP) is 4.70. The summed E-state index contributed by atoms with van der Waals surface area (Å²) in [7, 11) is 1.82. The Kier molecular flexibility index (Phi) is 5.96. The number of piperidine rings is 1. The minimum absolute atomic E-state index is 0.157. The molecule has 1 aromatic heterocycles. The molecular weight excluding hydrogens is 403 g/mol. The summed E-state index contributed by atoms with van der Waals surface area (Å²) in [4.78, 5) is 21.8. The highest BCUT2D eigenvalue weighted by Gasteiger charge is 2.31. The van der Waals surface area contributed by atoms with Crippen molar-refractivity contribution in [2.24, 2.45) is 0 Å². The van der Waals surface area contributed by atoms with Gasteiger partial charge in [0.2, 0.25) is 0 Å². The van der Waals surface area contributed by atoms with Crippen molar-refractivity contribution < 1.29 is 9.18 Å². The minimum atomic E-state index is -0.452. The monoisotopic (exact) mass is 434 g/mol. The molecule has 6 heteroatoms. The van der Waals surface area contributed by atoms with Crippen LogP contribution in [0.5, 0.6) is 0 Å². The minimum Gasteiger partial charge on any atom is -0.339 e. The molecule has 168 valence electrons. The van der Waals surface area contributed by atoms with Gasteiger partial charge >= 0.3 is 0 Å². The SMILES string of the molecule is CN(C(=O)c1ccc(Cn2cnc3ccccc32)cc1F)C1CCN(C2CCCC2)CC1. The van der Waals surface area contributed by atoms with Crippen LogP contribution in [0.1, 0.15) is 54.4 Å². The average molecular weight is 435 g/mol. The first-order valence-electron chi connectivity index (χ1n) is 11.8. The molecule has 0 N–H and O–H groups in total. The standard InChI is InChI=1S/C26H31FN4O/c1-29(20-12-14-30(15-13-20)21-6-2-3-7-21)26(32)22-11-10-19(16-23(22)27)17-31-18-28-24-8-4-5-9-25(24)31/h4-5,8-11,16,18,20-21H,2-3,6-7,12-15,17H2,1H3. The lowest BCUT2D eigenvalue weighted by Crippen LogP contribution is -2.48. The molecule has 0 unspecified atom stereocenters. The second-order valence-corrected chi connectivity index (χ2v) is 9.30. The van der Waals surface area contributed by atoms with E-state index in [0.717, 1.165) is 48.6 Å². The van der Waals surface area contributed by atoms with Gasteiger partial charge in [0.05, 0.1) is 22.9 Å². The molecule has 1 aliphatic heterocycles. The molecule has 1 aliphatic carbocycles. The predicted molar refractivity (Wildman–Crippen MR) is 124 cm³/mol. The van der Waals surface area contributed by atoms with Crippen LogP contribution in [-0.4, -0.2) is 57.5 Å². The molecule has 5 nitrogen and oxygen atoms in total. The van der Waals surface area contributed by atoms with Gasteiger partial charge in [0.1, 0.15) is 5.82 Å². The molecule has 5 rings (SSSR count). The number of para-hydroxylation sites is 2. The van der Waals surface area contributed by atoms with Gasteiger partial charge in [-0.25, -0.2) is 9.37 Å². The van der Waals surface area contributed by atoms with E-state index in [-0.39, 0.29) is 17.5 Å². The fraction of sp³-hybridized carbons (Fsp3) is 0.462. The number of halogens is 1. The number of imidazole rings is 1. The molecule has 1 saturated carbocycles. The second-order valence-electron chi connectivity index (χ2n) is 9.30. The van der Waals surface area contributed by atoms with E-state index < -0.39 is 5.82 Å². The first-order chi connectivity index (χ1) is 15.6. The fourth-order valence-electron chi connectivity index (χ4n) is 5.43. The van der Waals surface area contributed by atoms with Crippen molar-refractivity contribution >= 4 is 16.9 Å². The lowest BCUT2D eigenvalue weighted by molar-refractivity contribution is 0.0594. The van der Waals surface area contributed by atoms with Crippen molar-refractivity contribution in [2.75, 3.05) is 20.1 Å². The van der Waals surface area contributed by atoms with Crippen LogP contribution in [0, 0.1) is 5.82 Å². The summed E-state index contributed by atoms with van der Waals surface area (Å²) in [6.07, 6.45) is 9.01. The normalized spacial score (nSPS) is 18.4. The fourth-order valence-corrected chi connectivity index (χ4v) is 5.43. The number of hydrogen-bond donors (Lipinski definition) is 0. The average Bonchev–Trinajstić information content (AvgIpc) is 3.49. The van der Waals surface area contributed by atoms with Crippen molar-refractivity contribution in [1.29, 1.82) is 0 Å². The van der Waals surface area contributed by atoms with Crippen molar-refractivity contribution in [3.63, 3.8) is 0 Å². The molecule has 1 amide bonds. The smallest absolute Gasteiger partial charge is 0.256 e. The van der Waals surface area contributed by atoms with Gasteiger partial charge in [-0.2, -0.15) is 0 Å².